The SMILES string of the molecule is COc1ccc(C(C)C(=O)NS(=O)(=O)c2cccc3ccccc23)cc1. The van der Waals surface area contributed by atoms with Gasteiger partial charge in [0.15, 0.2) is 0 Å². The lowest BCUT2D eigenvalue weighted by atomic mass is 10.0. The van der Waals surface area contributed by atoms with E-state index in [1.807, 2.05) is 18.2 Å². The van der Waals surface area contributed by atoms with Gasteiger partial charge in [-0.05, 0) is 36.1 Å². The minimum atomic E-state index is -3.98. The number of sulfonamides is 1. The van der Waals surface area contributed by atoms with E-state index in [4.69, 9.17) is 4.74 Å². The number of ether oxygens (including phenoxy) is 1. The van der Waals surface area contributed by atoms with Crippen LogP contribution in [-0.2, 0) is 14.8 Å². The van der Waals surface area contributed by atoms with Gasteiger partial charge < -0.3 is 4.74 Å². The molecule has 0 aliphatic carbocycles. The largest absolute Gasteiger partial charge is 0.497 e. The molecule has 0 radical (unpaired) electrons. The standard InChI is InChI=1S/C20H19NO4S/c1-14(15-10-12-17(25-2)13-11-15)20(22)21-26(23,24)19-9-5-7-16-6-3-4-8-18(16)19/h3-14H,1-2H3,(H,21,22). The van der Waals surface area contributed by atoms with Gasteiger partial charge in [-0.25, -0.2) is 13.1 Å². The second-order valence-corrected chi connectivity index (χ2v) is 7.59. The molecule has 0 saturated carbocycles. The fourth-order valence-electron chi connectivity index (χ4n) is 2.75. The number of methoxy groups -OCH3 is 1. The summed E-state index contributed by atoms with van der Waals surface area (Å²) in [5, 5.41) is 1.37. The van der Waals surface area contributed by atoms with Crippen molar-refractivity contribution in [3.05, 3.63) is 72.3 Å². The highest BCUT2D eigenvalue weighted by molar-refractivity contribution is 7.90. The van der Waals surface area contributed by atoms with Crippen molar-refractivity contribution in [2.24, 2.45) is 0 Å². The van der Waals surface area contributed by atoms with Crippen LogP contribution < -0.4 is 9.46 Å². The Hall–Kier alpha value is -2.86. The predicted octanol–water partition coefficient (Wildman–Crippen LogP) is 3.46. The lowest BCUT2D eigenvalue weighted by molar-refractivity contribution is -0.120. The molecule has 6 heteroatoms. The number of benzene rings is 3. The lowest BCUT2D eigenvalue weighted by Crippen LogP contribution is -2.33. The van der Waals surface area contributed by atoms with Gasteiger partial charge in [-0.15, -0.1) is 0 Å². The van der Waals surface area contributed by atoms with Crippen molar-refractivity contribution in [3.8, 4) is 5.75 Å². The molecule has 0 bridgehead atoms. The fraction of sp³-hybridized carbons (Fsp3) is 0.150. The van der Waals surface area contributed by atoms with Gasteiger partial charge in [0.1, 0.15) is 5.75 Å². The Morgan fingerprint density at radius 1 is 0.962 bits per heavy atom. The minimum absolute atomic E-state index is 0.0888. The summed E-state index contributed by atoms with van der Waals surface area (Å²) >= 11 is 0. The number of rotatable bonds is 5. The fourth-order valence-corrected chi connectivity index (χ4v) is 4.03. The number of hydrogen-bond acceptors (Lipinski definition) is 4. The van der Waals surface area contributed by atoms with Crippen molar-refractivity contribution in [2.75, 3.05) is 7.11 Å². The van der Waals surface area contributed by atoms with Gasteiger partial charge in [-0.3, -0.25) is 4.79 Å². The van der Waals surface area contributed by atoms with Crippen LogP contribution in [0.3, 0.4) is 0 Å². The molecule has 1 unspecified atom stereocenters. The average Bonchev–Trinajstić information content (AvgIpc) is 2.66. The number of nitrogens with one attached hydrogen (secondary N) is 1. The van der Waals surface area contributed by atoms with Crippen LogP contribution in [0.2, 0.25) is 0 Å². The Morgan fingerprint density at radius 3 is 2.31 bits per heavy atom. The summed E-state index contributed by atoms with van der Waals surface area (Å²) in [6.45, 7) is 1.66. The van der Waals surface area contributed by atoms with Gasteiger partial charge in [-0.2, -0.15) is 0 Å². The van der Waals surface area contributed by atoms with Gasteiger partial charge >= 0.3 is 0 Å². The van der Waals surface area contributed by atoms with E-state index in [1.165, 1.54) is 6.07 Å². The van der Waals surface area contributed by atoms with Crippen LogP contribution in [0.1, 0.15) is 18.4 Å². The third kappa shape index (κ3) is 3.55. The summed E-state index contributed by atoms with van der Waals surface area (Å²) in [5.41, 5.74) is 0.705. The maximum Gasteiger partial charge on any atom is 0.264 e. The third-order valence-corrected chi connectivity index (χ3v) is 5.69. The monoisotopic (exact) mass is 369 g/mol. The molecule has 3 aromatic carbocycles. The molecule has 1 atom stereocenters. The normalized spacial score (nSPS) is 12.5. The van der Waals surface area contributed by atoms with E-state index < -0.39 is 21.8 Å². The minimum Gasteiger partial charge on any atom is -0.497 e. The quantitative estimate of drug-likeness (QED) is 0.748. The van der Waals surface area contributed by atoms with E-state index in [2.05, 4.69) is 4.72 Å². The van der Waals surface area contributed by atoms with Gasteiger partial charge in [0.2, 0.25) is 5.91 Å². The number of hydrogen-bond donors (Lipinski definition) is 1. The molecular formula is C20H19NO4S. The van der Waals surface area contributed by atoms with Crippen LogP contribution >= 0.6 is 0 Å². The maximum atomic E-state index is 12.7. The zero-order valence-electron chi connectivity index (χ0n) is 14.5. The molecule has 3 rings (SSSR count). The summed E-state index contributed by atoms with van der Waals surface area (Å²) in [6, 6.07) is 19.1. The molecule has 5 nitrogen and oxygen atoms in total. The van der Waals surface area contributed by atoms with E-state index in [1.54, 1.807) is 56.5 Å². The molecule has 1 N–H and O–H groups in total. The first-order valence-corrected chi connectivity index (χ1v) is 9.59. The van der Waals surface area contributed by atoms with Crippen molar-refractivity contribution in [2.45, 2.75) is 17.7 Å². The Morgan fingerprint density at radius 2 is 1.62 bits per heavy atom. The van der Waals surface area contributed by atoms with Crippen LogP contribution in [0.5, 0.6) is 5.75 Å². The topological polar surface area (TPSA) is 72.5 Å². The molecular weight excluding hydrogens is 350 g/mol. The number of carbonyl (C=O) groups excluding carboxylic acids is 1. The van der Waals surface area contributed by atoms with E-state index >= 15 is 0 Å². The van der Waals surface area contributed by atoms with Crippen molar-refractivity contribution >= 4 is 26.7 Å². The summed E-state index contributed by atoms with van der Waals surface area (Å²) < 4.78 is 32.8. The van der Waals surface area contributed by atoms with E-state index in [0.717, 1.165) is 5.39 Å². The molecule has 0 fully saturated rings. The summed E-state index contributed by atoms with van der Waals surface area (Å²) in [7, 11) is -2.42. The first-order valence-electron chi connectivity index (χ1n) is 8.11. The smallest absolute Gasteiger partial charge is 0.264 e. The molecule has 134 valence electrons. The summed E-state index contributed by atoms with van der Waals surface area (Å²) in [6.07, 6.45) is 0. The molecule has 0 aliphatic heterocycles. The van der Waals surface area contributed by atoms with Crippen molar-refractivity contribution in [1.82, 2.24) is 4.72 Å². The lowest BCUT2D eigenvalue weighted by Gasteiger charge is -2.14. The van der Waals surface area contributed by atoms with Crippen molar-refractivity contribution in [1.29, 1.82) is 0 Å². The number of amides is 1. The first-order chi connectivity index (χ1) is 12.4. The molecule has 0 aromatic heterocycles. The van der Waals surface area contributed by atoms with Crippen LogP contribution in [0.15, 0.2) is 71.6 Å². The van der Waals surface area contributed by atoms with E-state index in [0.29, 0.717) is 16.7 Å². The average molecular weight is 369 g/mol. The van der Waals surface area contributed by atoms with Crippen molar-refractivity contribution < 1.29 is 17.9 Å². The third-order valence-electron chi connectivity index (χ3n) is 4.28. The Labute approximate surface area is 152 Å². The molecule has 0 spiro atoms. The second-order valence-electron chi connectivity index (χ2n) is 5.94. The van der Waals surface area contributed by atoms with Gasteiger partial charge in [0, 0.05) is 5.39 Å². The molecule has 0 saturated heterocycles. The number of carbonyl (C=O) groups is 1. The second kappa shape index (κ2) is 7.17. The highest BCUT2D eigenvalue weighted by atomic mass is 32.2. The number of fused-ring (bicyclic) bond motifs is 1. The Balaban J connectivity index is 1.87. The van der Waals surface area contributed by atoms with E-state index in [-0.39, 0.29) is 4.90 Å². The predicted molar refractivity (Wildman–Crippen MR) is 101 cm³/mol. The molecule has 0 aliphatic rings. The zero-order valence-corrected chi connectivity index (χ0v) is 15.3. The van der Waals surface area contributed by atoms with Crippen molar-refractivity contribution in [3.63, 3.8) is 0 Å². The van der Waals surface area contributed by atoms with Crippen LogP contribution in [0.25, 0.3) is 10.8 Å². The van der Waals surface area contributed by atoms with Crippen LogP contribution in [0.4, 0.5) is 0 Å². The van der Waals surface area contributed by atoms with Crippen LogP contribution in [-0.4, -0.2) is 21.4 Å². The first kappa shape index (κ1) is 17.9. The zero-order chi connectivity index (χ0) is 18.7. The molecule has 1 amide bonds. The highest BCUT2D eigenvalue weighted by Gasteiger charge is 2.24. The van der Waals surface area contributed by atoms with Gasteiger partial charge in [0.25, 0.3) is 10.0 Å². The Kier molecular flexibility index (Phi) is 4.95. The molecule has 26 heavy (non-hydrogen) atoms. The Bertz CT molecular complexity index is 1040. The molecule has 3 aromatic rings. The van der Waals surface area contributed by atoms with Gasteiger partial charge in [0.05, 0.1) is 17.9 Å². The van der Waals surface area contributed by atoms with E-state index in [9.17, 15) is 13.2 Å². The molecule has 0 heterocycles. The maximum absolute atomic E-state index is 12.7. The van der Waals surface area contributed by atoms with Gasteiger partial charge in [-0.1, -0.05) is 48.5 Å². The summed E-state index contributed by atoms with van der Waals surface area (Å²) in [5.74, 6) is -0.529. The highest BCUT2D eigenvalue weighted by Crippen LogP contribution is 2.24. The van der Waals surface area contributed by atoms with Crippen LogP contribution in [0, 0.1) is 0 Å². The summed E-state index contributed by atoms with van der Waals surface area (Å²) in [4.78, 5) is 12.6.